The van der Waals surface area contributed by atoms with Gasteiger partial charge in [0.1, 0.15) is 11.6 Å². The van der Waals surface area contributed by atoms with Crippen molar-refractivity contribution >= 4 is 11.9 Å². The Morgan fingerprint density at radius 2 is 1.97 bits per heavy atom. The Hall–Kier alpha value is -3.54. The van der Waals surface area contributed by atoms with Gasteiger partial charge in [-0.3, -0.25) is 15.0 Å². The van der Waals surface area contributed by atoms with E-state index in [4.69, 9.17) is 4.52 Å². The number of amides is 1. The smallest absolute Gasteiger partial charge is 0.270 e. The quantitative estimate of drug-likeness (QED) is 0.332. The number of nitrogens with zero attached hydrogens (tertiary/aromatic N) is 4. The Kier molecular flexibility index (Phi) is 6.51. The maximum absolute atomic E-state index is 14.6. The number of benzene rings is 1. The molecule has 1 aromatic carbocycles. The zero-order valence-electron chi connectivity index (χ0n) is 18.1. The van der Waals surface area contributed by atoms with Gasteiger partial charge >= 0.3 is 0 Å². The fourth-order valence-electron chi connectivity index (χ4n) is 3.93. The summed E-state index contributed by atoms with van der Waals surface area (Å²) < 4.78 is 61.4. The van der Waals surface area contributed by atoms with Crippen LogP contribution in [0.15, 0.2) is 47.2 Å². The minimum Gasteiger partial charge on any atom is -0.619 e. The van der Waals surface area contributed by atoms with Crippen LogP contribution >= 0.6 is 0 Å². The molecular formula is C22H21F4N5O3. The Balaban J connectivity index is 1.40. The van der Waals surface area contributed by atoms with Gasteiger partial charge < -0.3 is 9.73 Å². The topological polar surface area (TPSA) is 98.2 Å². The van der Waals surface area contributed by atoms with Gasteiger partial charge in [0.25, 0.3) is 11.9 Å². The zero-order chi connectivity index (χ0) is 24.5. The molecule has 2 atom stereocenters. The lowest BCUT2D eigenvalue weighted by Gasteiger charge is -2.40. The van der Waals surface area contributed by atoms with Crippen LogP contribution in [-0.4, -0.2) is 46.0 Å². The van der Waals surface area contributed by atoms with Crippen LogP contribution in [0.2, 0.25) is 0 Å². The number of anilines is 1. The second-order valence-corrected chi connectivity index (χ2v) is 8.18. The number of nitrogens with one attached hydrogen (secondary N) is 1. The van der Waals surface area contributed by atoms with Crippen molar-refractivity contribution in [3.63, 3.8) is 0 Å². The molecule has 8 nitrogen and oxygen atoms in total. The average Bonchev–Trinajstić information content (AvgIpc) is 3.19. The van der Waals surface area contributed by atoms with Crippen LogP contribution in [0.5, 0.6) is 0 Å². The van der Waals surface area contributed by atoms with Crippen LogP contribution in [0, 0.1) is 16.8 Å². The molecule has 1 aliphatic rings. The highest BCUT2D eigenvalue weighted by Crippen LogP contribution is 2.40. The maximum atomic E-state index is 14.6. The third-order valence-corrected chi connectivity index (χ3v) is 5.80. The molecule has 180 valence electrons. The first kappa shape index (κ1) is 23.6. The molecule has 0 saturated carbocycles. The van der Waals surface area contributed by atoms with E-state index in [0.29, 0.717) is 10.3 Å². The number of hydrogen-bond donors (Lipinski definition) is 1. The summed E-state index contributed by atoms with van der Waals surface area (Å²) in [6.45, 7) is 1.48. The number of pyridine rings is 1. The van der Waals surface area contributed by atoms with Gasteiger partial charge in [-0.1, -0.05) is 0 Å². The molecule has 0 aliphatic carbocycles. The van der Waals surface area contributed by atoms with Crippen LogP contribution < -0.4 is 10.0 Å². The Labute approximate surface area is 191 Å². The van der Waals surface area contributed by atoms with E-state index in [-0.39, 0.29) is 36.9 Å². The Morgan fingerprint density at radius 1 is 1.29 bits per heavy atom. The third kappa shape index (κ3) is 5.33. The molecule has 1 fully saturated rings. The number of carbonyl (C=O) groups is 1. The van der Waals surface area contributed by atoms with Crippen molar-refractivity contribution in [3.8, 4) is 0 Å². The first-order valence-corrected chi connectivity index (χ1v) is 10.5. The highest BCUT2D eigenvalue weighted by atomic mass is 19.3. The number of hydrogen-bond acceptors (Lipinski definition) is 6. The van der Waals surface area contributed by atoms with Gasteiger partial charge in [0, 0.05) is 37.7 Å². The first-order chi connectivity index (χ1) is 16.1. The third-order valence-electron chi connectivity index (χ3n) is 5.80. The molecule has 12 heteroatoms. The fraction of sp³-hybridized carbons (Fsp3) is 0.364. The van der Waals surface area contributed by atoms with Gasteiger partial charge in [0.2, 0.25) is 11.8 Å². The summed E-state index contributed by atoms with van der Waals surface area (Å²) in [5.41, 5.74) is 0.585. The lowest BCUT2D eigenvalue weighted by molar-refractivity contribution is -0.605. The number of halogens is 4. The molecule has 4 rings (SSSR count). The van der Waals surface area contributed by atoms with E-state index in [0.717, 1.165) is 30.6 Å². The molecule has 1 saturated heterocycles. The molecular weight excluding hydrogens is 458 g/mol. The molecule has 34 heavy (non-hydrogen) atoms. The summed E-state index contributed by atoms with van der Waals surface area (Å²) in [7, 11) is 0. The van der Waals surface area contributed by atoms with E-state index < -0.39 is 41.8 Å². The molecule has 0 radical (unpaired) electrons. The number of rotatable bonds is 6. The fourth-order valence-corrected chi connectivity index (χ4v) is 3.93. The summed E-state index contributed by atoms with van der Waals surface area (Å²) in [6, 6.07) is 4.91. The number of piperidine rings is 1. The van der Waals surface area contributed by atoms with Gasteiger partial charge in [-0.15, -0.1) is 0 Å². The number of likely N-dealkylation sites (tertiary alicyclic amines) is 1. The van der Waals surface area contributed by atoms with E-state index in [1.165, 1.54) is 12.1 Å². The van der Waals surface area contributed by atoms with E-state index >= 15 is 0 Å². The highest BCUT2D eigenvalue weighted by molar-refractivity contribution is 5.93. The summed E-state index contributed by atoms with van der Waals surface area (Å²) in [4.78, 5) is 18.3. The van der Waals surface area contributed by atoms with E-state index in [1.54, 1.807) is 11.8 Å². The molecule has 2 aromatic heterocycles. The standard InChI is InChI=1S/C22H21F4N5O3/c1-13(30-7-4-22(25,26)18(12-30)15-2-5-31(33)6-3-15)20(32)28-21-27-19(34-29-21)10-14-8-16(23)11-17(24)9-14/h2-3,5-6,8-9,11,13,18H,4,7,10,12H2,1H3,(H,28,29,32)/t13?,18-/m1/s1. The number of carbonyl (C=O) groups excluding carboxylic acids is 1. The molecule has 1 N–H and O–H groups in total. The normalized spacial score (nSPS) is 19.0. The monoisotopic (exact) mass is 479 g/mol. The van der Waals surface area contributed by atoms with E-state index in [2.05, 4.69) is 15.5 Å². The maximum Gasteiger partial charge on any atom is 0.270 e. The van der Waals surface area contributed by atoms with Gasteiger partial charge in [-0.2, -0.15) is 9.71 Å². The van der Waals surface area contributed by atoms with E-state index in [1.807, 2.05) is 0 Å². The average molecular weight is 479 g/mol. The molecule has 3 heterocycles. The van der Waals surface area contributed by atoms with Gasteiger partial charge in [0.05, 0.1) is 18.4 Å². The molecule has 0 spiro atoms. The number of aromatic nitrogens is 3. The summed E-state index contributed by atoms with van der Waals surface area (Å²) >= 11 is 0. The Bertz CT molecular complexity index is 1150. The predicted octanol–water partition coefficient (Wildman–Crippen LogP) is 3.02. The molecule has 0 bridgehead atoms. The second kappa shape index (κ2) is 9.37. The lowest BCUT2D eigenvalue weighted by atomic mass is 9.87. The van der Waals surface area contributed by atoms with Crippen LogP contribution in [0.1, 0.15) is 36.3 Å². The first-order valence-electron chi connectivity index (χ1n) is 10.5. The van der Waals surface area contributed by atoms with Crippen LogP contribution in [-0.2, 0) is 11.2 Å². The Morgan fingerprint density at radius 3 is 2.65 bits per heavy atom. The molecule has 3 aromatic rings. The SMILES string of the molecule is CC(C(=O)Nc1noc(Cc2cc(F)cc(F)c2)n1)N1CCC(F)(F)[C@@H](c2cc[n+]([O-])cc2)C1. The van der Waals surface area contributed by atoms with Gasteiger partial charge in [-0.05, 0) is 35.3 Å². The van der Waals surface area contributed by atoms with Gasteiger partial charge in [-0.25, -0.2) is 17.6 Å². The van der Waals surface area contributed by atoms with Crippen molar-refractivity contribution in [2.75, 3.05) is 18.4 Å². The van der Waals surface area contributed by atoms with Crippen molar-refractivity contribution in [2.24, 2.45) is 0 Å². The molecule has 1 unspecified atom stereocenters. The van der Waals surface area contributed by atoms with Crippen molar-refractivity contribution in [1.82, 2.24) is 15.0 Å². The second-order valence-electron chi connectivity index (χ2n) is 8.18. The van der Waals surface area contributed by atoms with Crippen molar-refractivity contribution < 1.29 is 31.6 Å². The van der Waals surface area contributed by atoms with Crippen LogP contribution in [0.4, 0.5) is 23.5 Å². The minimum absolute atomic E-state index is 0.00486. The van der Waals surface area contributed by atoms with Gasteiger partial charge in [0.15, 0.2) is 12.4 Å². The number of alkyl halides is 2. The lowest BCUT2D eigenvalue weighted by Crippen LogP contribution is -2.52. The van der Waals surface area contributed by atoms with Crippen molar-refractivity contribution in [3.05, 3.63) is 76.6 Å². The molecule has 1 aliphatic heterocycles. The minimum atomic E-state index is -2.99. The largest absolute Gasteiger partial charge is 0.619 e. The predicted molar refractivity (Wildman–Crippen MR) is 111 cm³/mol. The summed E-state index contributed by atoms with van der Waals surface area (Å²) in [5, 5.41) is 17.4. The summed E-state index contributed by atoms with van der Waals surface area (Å²) in [6.07, 6.45) is 1.83. The van der Waals surface area contributed by atoms with Crippen LogP contribution in [0.3, 0.4) is 0 Å². The van der Waals surface area contributed by atoms with Crippen LogP contribution in [0.25, 0.3) is 0 Å². The molecule has 1 amide bonds. The van der Waals surface area contributed by atoms with Crippen molar-refractivity contribution in [2.45, 2.75) is 37.6 Å². The van der Waals surface area contributed by atoms with E-state index in [9.17, 15) is 27.6 Å². The zero-order valence-corrected chi connectivity index (χ0v) is 18.1. The summed E-state index contributed by atoms with van der Waals surface area (Å²) in [5.74, 6) is -6.30. The van der Waals surface area contributed by atoms with Crippen molar-refractivity contribution in [1.29, 1.82) is 0 Å². The highest BCUT2D eigenvalue weighted by Gasteiger charge is 2.46.